The molecule has 0 unspecified atom stereocenters. The average molecular weight is 289 g/mol. The van der Waals surface area contributed by atoms with Crippen molar-refractivity contribution in [1.29, 1.82) is 0 Å². The van der Waals surface area contributed by atoms with Crippen LogP contribution in [0.25, 0.3) is 0 Å². The van der Waals surface area contributed by atoms with Gasteiger partial charge in [0.2, 0.25) is 0 Å². The molecule has 1 aromatic rings. The van der Waals surface area contributed by atoms with Gasteiger partial charge in [-0.25, -0.2) is 0 Å². The van der Waals surface area contributed by atoms with Crippen LogP contribution in [0.15, 0.2) is 22.7 Å². The molecular formula is C12H15BrClN. The van der Waals surface area contributed by atoms with E-state index in [0.717, 1.165) is 22.1 Å². The second kappa shape index (κ2) is 4.86. The lowest BCUT2D eigenvalue weighted by atomic mass is 10.2. The topological polar surface area (TPSA) is 3.24 Å². The standard InChI is InChI=1S/C12H15BrClN/c1-9-3-2-6-15(9)8-10-4-5-12(14)11(13)7-10/h4-5,7,9H,2-3,6,8H2,1H3/t9-/m1/s1. The molecule has 0 radical (unpaired) electrons. The van der Waals surface area contributed by atoms with Gasteiger partial charge in [-0.2, -0.15) is 0 Å². The first-order valence-electron chi connectivity index (χ1n) is 5.35. The van der Waals surface area contributed by atoms with Gasteiger partial charge in [-0.15, -0.1) is 0 Å². The van der Waals surface area contributed by atoms with E-state index < -0.39 is 0 Å². The quantitative estimate of drug-likeness (QED) is 0.792. The van der Waals surface area contributed by atoms with Crippen LogP contribution in [-0.2, 0) is 6.54 Å². The Morgan fingerprint density at radius 3 is 2.93 bits per heavy atom. The zero-order valence-corrected chi connectivity index (χ0v) is 11.2. The van der Waals surface area contributed by atoms with E-state index in [9.17, 15) is 0 Å². The molecule has 1 aromatic carbocycles. The summed E-state index contributed by atoms with van der Waals surface area (Å²) in [5.41, 5.74) is 1.33. The maximum Gasteiger partial charge on any atom is 0.0548 e. The van der Waals surface area contributed by atoms with Crippen molar-refractivity contribution in [2.24, 2.45) is 0 Å². The van der Waals surface area contributed by atoms with Crippen molar-refractivity contribution in [2.45, 2.75) is 32.4 Å². The Labute approximate surface area is 105 Å². The second-order valence-corrected chi connectivity index (χ2v) is 5.47. The summed E-state index contributed by atoms with van der Waals surface area (Å²) in [6.07, 6.45) is 2.66. The molecule has 1 saturated heterocycles. The van der Waals surface area contributed by atoms with E-state index in [1.165, 1.54) is 24.9 Å². The first-order valence-corrected chi connectivity index (χ1v) is 6.52. The van der Waals surface area contributed by atoms with Crippen LogP contribution in [0.2, 0.25) is 5.02 Å². The summed E-state index contributed by atoms with van der Waals surface area (Å²) in [6.45, 7) is 4.57. The van der Waals surface area contributed by atoms with Crippen LogP contribution in [0, 0.1) is 0 Å². The van der Waals surface area contributed by atoms with Crippen molar-refractivity contribution in [3.8, 4) is 0 Å². The average Bonchev–Trinajstić information content (AvgIpc) is 2.59. The molecule has 0 amide bonds. The van der Waals surface area contributed by atoms with Crippen molar-refractivity contribution in [3.05, 3.63) is 33.3 Å². The number of likely N-dealkylation sites (tertiary alicyclic amines) is 1. The normalized spacial score (nSPS) is 22.2. The predicted molar refractivity (Wildman–Crippen MR) is 68.3 cm³/mol. The van der Waals surface area contributed by atoms with Crippen molar-refractivity contribution in [3.63, 3.8) is 0 Å². The van der Waals surface area contributed by atoms with Crippen molar-refractivity contribution < 1.29 is 0 Å². The van der Waals surface area contributed by atoms with Gasteiger partial charge in [0, 0.05) is 17.1 Å². The highest BCUT2D eigenvalue weighted by molar-refractivity contribution is 9.10. The Hall–Kier alpha value is -0.0500. The molecule has 0 bridgehead atoms. The molecule has 0 aliphatic carbocycles. The van der Waals surface area contributed by atoms with E-state index in [0.29, 0.717) is 0 Å². The Balaban J connectivity index is 2.07. The van der Waals surface area contributed by atoms with E-state index >= 15 is 0 Å². The maximum atomic E-state index is 5.97. The van der Waals surface area contributed by atoms with Crippen LogP contribution in [0.3, 0.4) is 0 Å². The fraction of sp³-hybridized carbons (Fsp3) is 0.500. The van der Waals surface area contributed by atoms with Gasteiger partial charge in [-0.1, -0.05) is 17.7 Å². The number of hydrogen-bond acceptors (Lipinski definition) is 1. The largest absolute Gasteiger partial charge is 0.296 e. The number of halogens is 2. The van der Waals surface area contributed by atoms with E-state index in [1.54, 1.807) is 0 Å². The summed E-state index contributed by atoms with van der Waals surface area (Å²) in [5, 5.41) is 0.785. The van der Waals surface area contributed by atoms with Crippen LogP contribution in [0.1, 0.15) is 25.3 Å². The number of benzene rings is 1. The Kier molecular flexibility index (Phi) is 3.70. The van der Waals surface area contributed by atoms with Gasteiger partial charge in [0.05, 0.1) is 5.02 Å². The Morgan fingerprint density at radius 2 is 2.33 bits per heavy atom. The van der Waals surface area contributed by atoms with Crippen LogP contribution < -0.4 is 0 Å². The first-order chi connectivity index (χ1) is 7.16. The minimum atomic E-state index is 0.722. The van der Waals surface area contributed by atoms with E-state index in [1.807, 2.05) is 6.07 Å². The van der Waals surface area contributed by atoms with Crippen LogP contribution in [0.4, 0.5) is 0 Å². The SMILES string of the molecule is C[C@@H]1CCCN1Cc1ccc(Cl)c(Br)c1. The third-order valence-electron chi connectivity index (χ3n) is 3.06. The summed E-state index contributed by atoms with van der Waals surface area (Å²) >= 11 is 9.43. The van der Waals surface area contributed by atoms with Gasteiger partial charge in [0.1, 0.15) is 0 Å². The molecule has 1 nitrogen and oxygen atoms in total. The van der Waals surface area contributed by atoms with Gasteiger partial charge < -0.3 is 0 Å². The monoisotopic (exact) mass is 287 g/mol. The van der Waals surface area contributed by atoms with Gasteiger partial charge in [-0.3, -0.25) is 4.90 Å². The van der Waals surface area contributed by atoms with E-state index in [4.69, 9.17) is 11.6 Å². The molecule has 1 aliphatic heterocycles. The highest BCUT2D eigenvalue weighted by Gasteiger charge is 2.19. The smallest absolute Gasteiger partial charge is 0.0548 e. The third kappa shape index (κ3) is 2.74. The van der Waals surface area contributed by atoms with Gasteiger partial charge in [0.15, 0.2) is 0 Å². The molecule has 1 heterocycles. The molecule has 2 rings (SSSR count). The van der Waals surface area contributed by atoms with E-state index in [2.05, 4.69) is 39.9 Å². The summed E-state index contributed by atoms with van der Waals surface area (Å²) in [5.74, 6) is 0. The number of rotatable bonds is 2. The van der Waals surface area contributed by atoms with Crippen LogP contribution in [0.5, 0.6) is 0 Å². The van der Waals surface area contributed by atoms with Crippen molar-refractivity contribution in [1.82, 2.24) is 4.90 Å². The molecule has 0 spiro atoms. The first kappa shape index (κ1) is 11.4. The lowest BCUT2D eigenvalue weighted by Crippen LogP contribution is -2.26. The zero-order valence-electron chi connectivity index (χ0n) is 8.84. The molecule has 0 aromatic heterocycles. The van der Waals surface area contributed by atoms with Crippen LogP contribution in [-0.4, -0.2) is 17.5 Å². The molecule has 3 heteroatoms. The fourth-order valence-electron chi connectivity index (χ4n) is 2.10. The second-order valence-electron chi connectivity index (χ2n) is 4.21. The molecule has 15 heavy (non-hydrogen) atoms. The lowest BCUT2D eigenvalue weighted by Gasteiger charge is -2.21. The maximum absolute atomic E-state index is 5.97. The van der Waals surface area contributed by atoms with Gasteiger partial charge in [-0.05, 0) is 59.9 Å². The summed E-state index contributed by atoms with van der Waals surface area (Å²) in [4.78, 5) is 2.52. The highest BCUT2D eigenvalue weighted by Crippen LogP contribution is 2.25. The van der Waals surface area contributed by atoms with Crippen molar-refractivity contribution >= 4 is 27.5 Å². The van der Waals surface area contributed by atoms with Gasteiger partial charge >= 0.3 is 0 Å². The lowest BCUT2D eigenvalue weighted by molar-refractivity contribution is 0.260. The fourth-order valence-corrected chi connectivity index (χ4v) is 2.64. The molecule has 1 atom stereocenters. The molecular weight excluding hydrogens is 273 g/mol. The zero-order chi connectivity index (χ0) is 10.8. The van der Waals surface area contributed by atoms with E-state index in [-0.39, 0.29) is 0 Å². The molecule has 1 fully saturated rings. The van der Waals surface area contributed by atoms with Gasteiger partial charge in [0.25, 0.3) is 0 Å². The molecule has 0 saturated carbocycles. The minimum absolute atomic E-state index is 0.722. The molecule has 1 aliphatic rings. The van der Waals surface area contributed by atoms with Crippen molar-refractivity contribution in [2.75, 3.05) is 6.54 Å². The van der Waals surface area contributed by atoms with Crippen LogP contribution >= 0.6 is 27.5 Å². The summed E-state index contributed by atoms with van der Waals surface area (Å²) < 4.78 is 0.994. The molecule has 0 N–H and O–H groups in total. The summed E-state index contributed by atoms with van der Waals surface area (Å²) in [6, 6.07) is 6.91. The Bertz CT molecular complexity index is 353. The summed E-state index contributed by atoms with van der Waals surface area (Å²) in [7, 11) is 0. The predicted octanol–water partition coefficient (Wildman–Crippen LogP) is 4.09. The molecule has 82 valence electrons. The number of hydrogen-bond donors (Lipinski definition) is 0. The number of nitrogens with zero attached hydrogens (tertiary/aromatic N) is 1. The minimum Gasteiger partial charge on any atom is -0.296 e. The Morgan fingerprint density at radius 1 is 1.53 bits per heavy atom. The highest BCUT2D eigenvalue weighted by atomic mass is 79.9. The third-order valence-corrected chi connectivity index (χ3v) is 4.27.